The predicted octanol–water partition coefficient (Wildman–Crippen LogP) is 3.96. The monoisotopic (exact) mass is 335 g/mol. The molecule has 6 heteroatoms. The molecule has 4 rings (SSSR count). The van der Waals surface area contributed by atoms with Crippen molar-refractivity contribution in [3.8, 4) is 11.4 Å². The second-order valence-corrected chi connectivity index (χ2v) is 6.66. The highest BCUT2D eigenvalue weighted by molar-refractivity contribution is 7.98. The molecule has 1 N–H and O–H groups in total. The lowest BCUT2D eigenvalue weighted by Crippen LogP contribution is -1.95. The molecule has 0 unspecified atom stereocenters. The van der Waals surface area contributed by atoms with E-state index < -0.39 is 0 Å². The van der Waals surface area contributed by atoms with E-state index in [1.54, 1.807) is 11.8 Å². The molecule has 24 heavy (non-hydrogen) atoms. The molecule has 0 radical (unpaired) electrons. The van der Waals surface area contributed by atoms with Gasteiger partial charge in [-0.05, 0) is 19.1 Å². The van der Waals surface area contributed by atoms with E-state index in [0.29, 0.717) is 0 Å². The molecule has 0 saturated carbocycles. The smallest absolute Gasteiger partial charge is 0.191 e. The first-order chi connectivity index (χ1) is 11.7. The van der Waals surface area contributed by atoms with Crippen molar-refractivity contribution < 1.29 is 0 Å². The van der Waals surface area contributed by atoms with Gasteiger partial charge in [0.1, 0.15) is 5.82 Å². The molecule has 0 aliphatic carbocycles. The molecular weight excluding hydrogens is 318 g/mol. The van der Waals surface area contributed by atoms with E-state index in [0.717, 1.165) is 39.2 Å². The summed E-state index contributed by atoms with van der Waals surface area (Å²) in [6.45, 7) is 2.08. The molecule has 5 nitrogen and oxygen atoms in total. The van der Waals surface area contributed by atoms with Crippen molar-refractivity contribution in [2.45, 2.75) is 17.8 Å². The number of rotatable bonds is 4. The summed E-state index contributed by atoms with van der Waals surface area (Å²) in [4.78, 5) is 7.94. The van der Waals surface area contributed by atoms with E-state index in [4.69, 9.17) is 0 Å². The van der Waals surface area contributed by atoms with Gasteiger partial charge in [-0.3, -0.25) is 0 Å². The number of hydrogen-bond donors (Lipinski definition) is 1. The summed E-state index contributed by atoms with van der Waals surface area (Å²) in [7, 11) is 2.00. The van der Waals surface area contributed by atoms with Gasteiger partial charge < -0.3 is 9.55 Å². The van der Waals surface area contributed by atoms with Gasteiger partial charge >= 0.3 is 0 Å². The fourth-order valence-corrected chi connectivity index (χ4v) is 3.38. The Hall–Kier alpha value is -2.60. The number of H-pyrrole nitrogens is 1. The number of aromatic amines is 1. The van der Waals surface area contributed by atoms with Crippen LogP contribution in [0.25, 0.3) is 22.4 Å². The van der Waals surface area contributed by atoms with Crippen LogP contribution in [0.2, 0.25) is 0 Å². The normalized spacial score (nSPS) is 11.2. The number of benzene rings is 2. The molecule has 0 aliphatic rings. The first kappa shape index (κ1) is 15.0. The van der Waals surface area contributed by atoms with Crippen LogP contribution in [0.3, 0.4) is 0 Å². The van der Waals surface area contributed by atoms with Gasteiger partial charge in [0.15, 0.2) is 11.0 Å². The quantitative estimate of drug-likeness (QED) is 0.574. The molecule has 2 heterocycles. The minimum absolute atomic E-state index is 0.731. The van der Waals surface area contributed by atoms with Crippen LogP contribution >= 0.6 is 11.8 Å². The van der Waals surface area contributed by atoms with Gasteiger partial charge in [0.25, 0.3) is 0 Å². The van der Waals surface area contributed by atoms with Crippen LogP contribution in [0.5, 0.6) is 0 Å². The van der Waals surface area contributed by atoms with Crippen molar-refractivity contribution in [1.29, 1.82) is 0 Å². The number of nitrogens with one attached hydrogen (secondary N) is 1. The van der Waals surface area contributed by atoms with Crippen molar-refractivity contribution in [2.24, 2.45) is 7.05 Å². The summed E-state index contributed by atoms with van der Waals surface area (Å²) in [5.41, 5.74) is 4.37. The summed E-state index contributed by atoms with van der Waals surface area (Å²) < 4.78 is 2.03. The average Bonchev–Trinajstić information content (AvgIpc) is 3.17. The number of hydrogen-bond acceptors (Lipinski definition) is 4. The van der Waals surface area contributed by atoms with E-state index in [1.165, 1.54) is 5.56 Å². The average molecular weight is 335 g/mol. The van der Waals surface area contributed by atoms with E-state index in [-0.39, 0.29) is 0 Å². The maximum absolute atomic E-state index is 4.60. The number of nitrogens with zero attached hydrogens (tertiary/aromatic N) is 4. The molecular formula is C18H17N5S. The zero-order valence-electron chi connectivity index (χ0n) is 13.5. The highest BCUT2D eigenvalue weighted by atomic mass is 32.2. The molecule has 4 aromatic rings. The highest BCUT2D eigenvalue weighted by Crippen LogP contribution is 2.25. The lowest BCUT2D eigenvalue weighted by atomic mass is 10.1. The van der Waals surface area contributed by atoms with E-state index in [2.05, 4.69) is 51.4 Å². The molecule has 0 atom stereocenters. The predicted molar refractivity (Wildman–Crippen MR) is 96.8 cm³/mol. The molecule has 2 aromatic carbocycles. The Morgan fingerprint density at radius 1 is 1.04 bits per heavy atom. The van der Waals surface area contributed by atoms with E-state index in [1.807, 2.05) is 35.9 Å². The fourth-order valence-electron chi connectivity index (χ4n) is 2.60. The van der Waals surface area contributed by atoms with Crippen molar-refractivity contribution in [1.82, 2.24) is 24.7 Å². The van der Waals surface area contributed by atoms with E-state index in [9.17, 15) is 0 Å². The second-order valence-electron chi connectivity index (χ2n) is 5.72. The summed E-state index contributed by atoms with van der Waals surface area (Å²) in [5.74, 6) is 2.55. The molecule has 2 aromatic heterocycles. The Morgan fingerprint density at radius 3 is 2.62 bits per heavy atom. The van der Waals surface area contributed by atoms with Crippen LogP contribution < -0.4 is 0 Å². The van der Waals surface area contributed by atoms with Crippen LogP contribution in [0, 0.1) is 6.92 Å². The van der Waals surface area contributed by atoms with Gasteiger partial charge in [0.2, 0.25) is 0 Å². The van der Waals surface area contributed by atoms with Crippen LogP contribution in [-0.2, 0) is 12.8 Å². The zero-order valence-corrected chi connectivity index (χ0v) is 14.3. The number of para-hydroxylation sites is 2. The largest absolute Gasteiger partial charge is 0.341 e. The van der Waals surface area contributed by atoms with Crippen molar-refractivity contribution in [3.63, 3.8) is 0 Å². The highest BCUT2D eigenvalue weighted by Gasteiger charge is 2.12. The van der Waals surface area contributed by atoms with Crippen molar-refractivity contribution in [2.75, 3.05) is 0 Å². The third-order valence-corrected chi connectivity index (χ3v) is 4.95. The summed E-state index contributed by atoms with van der Waals surface area (Å²) in [5, 5.41) is 9.53. The van der Waals surface area contributed by atoms with Gasteiger partial charge in [0.05, 0.1) is 16.8 Å². The second kappa shape index (κ2) is 6.13. The standard InChI is InChI=1S/C18H17N5S/c1-12-7-9-13(10-8-12)17-21-22-18(23(17)2)24-11-16-19-14-5-3-4-6-15(14)20-16/h3-10H,11H2,1-2H3,(H,19,20). The minimum Gasteiger partial charge on any atom is -0.341 e. The Bertz CT molecular complexity index is 951. The Balaban J connectivity index is 1.54. The van der Waals surface area contributed by atoms with Crippen LogP contribution in [0.4, 0.5) is 0 Å². The van der Waals surface area contributed by atoms with Crippen molar-refractivity contribution >= 4 is 22.8 Å². The summed E-state index contributed by atoms with van der Waals surface area (Å²) in [6, 6.07) is 16.4. The fraction of sp³-hybridized carbons (Fsp3) is 0.167. The number of aryl methyl sites for hydroxylation is 1. The third-order valence-electron chi connectivity index (χ3n) is 3.92. The zero-order chi connectivity index (χ0) is 16.5. The van der Waals surface area contributed by atoms with Gasteiger partial charge in [-0.2, -0.15) is 0 Å². The topological polar surface area (TPSA) is 59.4 Å². The molecule has 0 aliphatic heterocycles. The van der Waals surface area contributed by atoms with Crippen LogP contribution in [0.1, 0.15) is 11.4 Å². The van der Waals surface area contributed by atoms with Crippen LogP contribution in [-0.4, -0.2) is 24.7 Å². The Morgan fingerprint density at radius 2 is 1.83 bits per heavy atom. The first-order valence-corrected chi connectivity index (χ1v) is 8.72. The van der Waals surface area contributed by atoms with Gasteiger partial charge in [-0.25, -0.2) is 4.98 Å². The Kier molecular flexibility index (Phi) is 3.82. The molecule has 0 amide bonds. The molecule has 0 saturated heterocycles. The molecule has 0 fully saturated rings. The molecule has 0 spiro atoms. The molecule has 0 bridgehead atoms. The lowest BCUT2D eigenvalue weighted by Gasteiger charge is -2.03. The summed E-state index contributed by atoms with van der Waals surface area (Å²) in [6.07, 6.45) is 0. The van der Waals surface area contributed by atoms with Gasteiger partial charge in [-0.15, -0.1) is 10.2 Å². The third kappa shape index (κ3) is 2.80. The number of imidazole rings is 1. The first-order valence-electron chi connectivity index (χ1n) is 7.73. The van der Waals surface area contributed by atoms with Crippen molar-refractivity contribution in [3.05, 3.63) is 59.9 Å². The SMILES string of the molecule is Cc1ccc(-c2nnc(SCc3nc4ccccc4[nH]3)n2C)cc1. The number of aromatic nitrogens is 5. The minimum atomic E-state index is 0.731. The van der Waals surface area contributed by atoms with Gasteiger partial charge in [0, 0.05) is 12.6 Å². The number of fused-ring (bicyclic) bond motifs is 1. The van der Waals surface area contributed by atoms with E-state index >= 15 is 0 Å². The maximum atomic E-state index is 4.60. The maximum Gasteiger partial charge on any atom is 0.191 e. The van der Waals surface area contributed by atoms with Gasteiger partial charge in [-0.1, -0.05) is 53.7 Å². The Labute approximate surface area is 144 Å². The van der Waals surface area contributed by atoms with Crippen LogP contribution in [0.15, 0.2) is 53.7 Å². The number of thioether (sulfide) groups is 1. The lowest BCUT2D eigenvalue weighted by molar-refractivity contribution is 0.793. The molecule has 120 valence electrons. The summed E-state index contributed by atoms with van der Waals surface area (Å²) >= 11 is 1.63.